The van der Waals surface area contributed by atoms with E-state index in [-0.39, 0.29) is 0 Å². The standard InChI is InChI=1S/C43H29N3/c44-28-29-22-31(25-34(23-29)45-40-18-8-4-14-36(40)37-15-5-9-19-41(37)45)33-24-32(30-12-2-1-3-13-30)26-35(27-33)46-42-20-10-6-16-38(42)39-17-7-11-21-43(39)46/h1-10,12-20,22-27H,11,21H2. The van der Waals surface area contributed by atoms with E-state index >= 15 is 0 Å². The molecule has 2 aromatic heterocycles. The minimum Gasteiger partial charge on any atom is -0.313 e. The van der Waals surface area contributed by atoms with Gasteiger partial charge in [0.2, 0.25) is 0 Å². The molecular formula is C43H29N3. The van der Waals surface area contributed by atoms with Crippen LogP contribution in [0.15, 0.2) is 146 Å². The van der Waals surface area contributed by atoms with Gasteiger partial charge in [-0.1, -0.05) is 97.1 Å². The van der Waals surface area contributed by atoms with E-state index in [1.807, 2.05) is 12.1 Å². The highest BCUT2D eigenvalue weighted by Crippen LogP contribution is 2.39. The van der Waals surface area contributed by atoms with Crippen LogP contribution in [0.1, 0.15) is 23.2 Å². The molecule has 3 nitrogen and oxygen atoms in total. The molecule has 0 spiro atoms. The van der Waals surface area contributed by atoms with E-state index in [9.17, 15) is 5.26 Å². The molecule has 2 heterocycles. The summed E-state index contributed by atoms with van der Waals surface area (Å²) in [6, 6.07) is 51.9. The summed E-state index contributed by atoms with van der Waals surface area (Å²) in [5.41, 5.74) is 13.3. The van der Waals surface area contributed by atoms with Crippen LogP contribution in [-0.4, -0.2) is 9.13 Å². The van der Waals surface area contributed by atoms with E-state index < -0.39 is 0 Å². The summed E-state index contributed by atoms with van der Waals surface area (Å²) >= 11 is 0. The molecule has 0 aliphatic heterocycles. The van der Waals surface area contributed by atoms with E-state index in [0.29, 0.717) is 5.56 Å². The fourth-order valence-electron chi connectivity index (χ4n) is 7.34. The summed E-state index contributed by atoms with van der Waals surface area (Å²) in [4.78, 5) is 0. The van der Waals surface area contributed by atoms with Gasteiger partial charge in [0, 0.05) is 38.8 Å². The average molecular weight is 588 g/mol. The zero-order valence-corrected chi connectivity index (χ0v) is 25.2. The number of benzene rings is 6. The number of rotatable bonds is 4. The summed E-state index contributed by atoms with van der Waals surface area (Å²) in [5, 5.41) is 14.0. The van der Waals surface area contributed by atoms with E-state index in [4.69, 9.17) is 0 Å². The van der Waals surface area contributed by atoms with Gasteiger partial charge < -0.3 is 9.13 Å². The number of para-hydroxylation sites is 3. The molecule has 6 aromatic carbocycles. The molecule has 9 rings (SSSR count). The molecule has 0 saturated carbocycles. The Labute approximate surface area is 267 Å². The molecule has 0 amide bonds. The second-order valence-electron chi connectivity index (χ2n) is 12.0. The second-order valence-corrected chi connectivity index (χ2v) is 12.0. The maximum absolute atomic E-state index is 10.3. The molecule has 0 saturated heterocycles. The van der Waals surface area contributed by atoms with E-state index in [2.05, 4.69) is 155 Å². The molecule has 0 fully saturated rings. The van der Waals surface area contributed by atoms with Crippen LogP contribution in [0.25, 0.3) is 72.4 Å². The summed E-state index contributed by atoms with van der Waals surface area (Å²) < 4.78 is 4.74. The first-order valence-electron chi connectivity index (χ1n) is 15.8. The van der Waals surface area contributed by atoms with Gasteiger partial charge in [-0.3, -0.25) is 0 Å². The topological polar surface area (TPSA) is 33.6 Å². The van der Waals surface area contributed by atoms with Crippen LogP contribution in [0.4, 0.5) is 0 Å². The van der Waals surface area contributed by atoms with Crippen molar-refractivity contribution in [3.8, 4) is 39.7 Å². The molecule has 0 atom stereocenters. The maximum atomic E-state index is 10.3. The Hall–Kier alpha value is -6.11. The van der Waals surface area contributed by atoms with Crippen molar-refractivity contribution >= 4 is 38.8 Å². The van der Waals surface area contributed by atoms with Gasteiger partial charge in [0.25, 0.3) is 0 Å². The van der Waals surface area contributed by atoms with Gasteiger partial charge in [-0.15, -0.1) is 0 Å². The summed E-state index contributed by atoms with van der Waals surface area (Å²) in [6.45, 7) is 0. The highest BCUT2D eigenvalue weighted by atomic mass is 15.0. The summed E-state index contributed by atoms with van der Waals surface area (Å²) in [7, 11) is 0. The van der Waals surface area contributed by atoms with Crippen LogP contribution in [-0.2, 0) is 6.42 Å². The Morgan fingerprint density at radius 3 is 1.72 bits per heavy atom. The Morgan fingerprint density at radius 1 is 0.500 bits per heavy atom. The fraction of sp³-hybridized carbons (Fsp3) is 0.0465. The Bertz CT molecular complexity index is 2480. The molecule has 0 N–H and O–H groups in total. The van der Waals surface area contributed by atoms with Gasteiger partial charge in [-0.25, -0.2) is 0 Å². The third-order valence-corrected chi connectivity index (χ3v) is 9.35. The van der Waals surface area contributed by atoms with Crippen molar-refractivity contribution in [3.63, 3.8) is 0 Å². The number of allylic oxidation sites excluding steroid dienone is 1. The first kappa shape index (κ1) is 26.3. The monoisotopic (exact) mass is 587 g/mol. The first-order chi connectivity index (χ1) is 22.8. The quantitative estimate of drug-likeness (QED) is 0.202. The average Bonchev–Trinajstić information content (AvgIpc) is 3.65. The predicted molar refractivity (Wildman–Crippen MR) is 191 cm³/mol. The van der Waals surface area contributed by atoms with Gasteiger partial charge in [0.15, 0.2) is 0 Å². The van der Waals surface area contributed by atoms with Crippen LogP contribution in [0.2, 0.25) is 0 Å². The van der Waals surface area contributed by atoms with Crippen molar-refractivity contribution in [1.29, 1.82) is 5.26 Å². The predicted octanol–water partition coefficient (Wildman–Crippen LogP) is 10.9. The Balaban J connectivity index is 1.32. The largest absolute Gasteiger partial charge is 0.313 e. The fourth-order valence-corrected chi connectivity index (χ4v) is 7.34. The minimum atomic E-state index is 0.634. The highest BCUT2D eigenvalue weighted by molar-refractivity contribution is 6.09. The molecule has 1 aliphatic carbocycles. The number of hydrogen-bond donors (Lipinski definition) is 0. The van der Waals surface area contributed by atoms with Crippen molar-refractivity contribution in [3.05, 3.63) is 162 Å². The molecule has 46 heavy (non-hydrogen) atoms. The number of nitriles is 1. The van der Waals surface area contributed by atoms with Crippen molar-refractivity contribution in [2.45, 2.75) is 12.8 Å². The van der Waals surface area contributed by atoms with E-state index in [1.54, 1.807) is 0 Å². The number of fused-ring (bicyclic) bond motifs is 6. The van der Waals surface area contributed by atoms with Crippen molar-refractivity contribution in [2.75, 3.05) is 0 Å². The lowest BCUT2D eigenvalue weighted by molar-refractivity contribution is 0.889. The SMILES string of the molecule is N#Cc1cc(-c2cc(-c3ccccc3)cc(-n3c4c(c5ccccc53)C=CCC4)c2)cc(-n2c3ccccc3c3ccccc32)c1. The second kappa shape index (κ2) is 10.5. The molecule has 8 aromatic rings. The highest BCUT2D eigenvalue weighted by Gasteiger charge is 2.20. The Morgan fingerprint density at radius 2 is 1.04 bits per heavy atom. The van der Waals surface area contributed by atoms with Gasteiger partial charge >= 0.3 is 0 Å². The minimum absolute atomic E-state index is 0.634. The molecule has 216 valence electrons. The van der Waals surface area contributed by atoms with Crippen molar-refractivity contribution < 1.29 is 0 Å². The van der Waals surface area contributed by atoms with Crippen molar-refractivity contribution in [1.82, 2.24) is 9.13 Å². The van der Waals surface area contributed by atoms with Crippen LogP contribution >= 0.6 is 0 Å². The van der Waals surface area contributed by atoms with Gasteiger partial charge in [0.05, 0.1) is 28.2 Å². The molecule has 1 aliphatic rings. The van der Waals surface area contributed by atoms with Crippen LogP contribution in [0.3, 0.4) is 0 Å². The molecular weight excluding hydrogens is 558 g/mol. The third-order valence-electron chi connectivity index (χ3n) is 9.35. The van der Waals surface area contributed by atoms with E-state index in [1.165, 1.54) is 32.9 Å². The van der Waals surface area contributed by atoms with Crippen LogP contribution in [0.5, 0.6) is 0 Å². The molecule has 0 radical (unpaired) electrons. The normalized spacial score (nSPS) is 12.5. The smallest absolute Gasteiger partial charge is 0.0992 e. The molecule has 0 bridgehead atoms. The Kier molecular flexibility index (Phi) is 6.01. The zero-order chi connectivity index (χ0) is 30.6. The maximum Gasteiger partial charge on any atom is 0.0992 e. The summed E-state index contributed by atoms with van der Waals surface area (Å²) in [5.74, 6) is 0. The van der Waals surface area contributed by atoms with Gasteiger partial charge in [-0.05, 0) is 89.7 Å². The van der Waals surface area contributed by atoms with Crippen molar-refractivity contribution in [2.24, 2.45) is 0 Å². The lowest BCUT2D eigenvalue weighted by Gasteiger charge is -2.17. The molecule has 3 heteroatoms. The summed E-state index contributed by atoms with van der Waals surface area (Å²) in [6.07, 6.45) is 6.59. The van der Waals surface area contributed by atoms with Crippen LogP contribution < -0.4 is 0 Å². The van der Waals surface area contributed by atoms with Gasteiger partial charge in [-0.2, -0.15) is 5.26 Å². The first-order valence-corrected chi connectivity index (χ1v) is 15.8. The zero-order valence-electron chi connectivity index (χ0n) is 25.2. The lowest BCUT2D eigenvalue weighted by atomic mass is 9.96. The number of hydrogen-bond acceptors (Lipinski definition) is 1. The third kappa shape index (κ3) is 4.12. The van der Waals surface area contributed by atoms with E-state index in [0.717, 1.165) is 57.5 Å². The number of aromatic nitrogens is 2. The van der Waals surface area contributed by atoms with Gasteiger partial charge in [0.1, 0.15) is 0 Å². The number of nitrogens with zero attached hydrogens (tertiary/aromatic N) is 3. The lowest BCUT2D eigenvalue weighted by Crippen LogP contribution is -2.04. The van der Waals surface area contributed by atoms with Crippen LogP contribution in [0, 0.1) is 11.3 Å². The molecule has 0 unspecified atom stereocenters.